The van der Waals surface area contributed by atoms with Gasteiger partial charge in [0.1, 0.15) is 0 Å². The second kappa shape index (κ2) is 7.41. The van der Waals surface area contributed by atoms with Crippen molar-refractivity contribution in [1.29, 1.82) is 0 Å². The highest BCUT2D eigenvalue weighted by molar-refractivity contribution is 5.92. The number of nitrogens with one attached hydrogen (secondary N) is 2. The van der Waals surface area contributed by atoms with Gasteiger partial charge in [-0.1, -0.05) is 29.8 Å². The molecule has 0 spiro atoms. The minimum Gasteiger partial charge on any atom is -0.454 e. The highest BCUT2D eigenvalue weighted by atomic mass is 16.7. The van der Waals surface area contributed by atoms with E-state index < -0.39 is 0 Å². The van der Waals surface area contributed by atoms with E-state index >= 15 is 0 Å². The van der Waals surface area contributed by atoms with Crippen LogP contribution in [0.25, 0.3) is 0 Å². The maximum Gasteiger partial charge on any atom is 0.231 e. The first-order valence-corrected chi connectivity index (χ1v) is 8.78. The zero-order chi connectivity index (χ0) is 18.6. The van der Waals surface area contributed by atoms with Crippen LogP contribution in [-0.2, 0) is 11.2 Å². The van der Waals surface area contributed by atoms with Gasteiger partial charge < -0.3 is 20.1 Å². The van der Waals surface area contributed by atoms with Crippen molar-refractivity contribution in [3.05, 3.63) is 77.9 Å². The fourth-order valence-corrected chi connectivity index (χ4v) is 2.87. The van der Waals surface area contributed by atoms with E-state index in [1.807, 2.05) is 73.7 Å². The molecule has 3 aromatic rings. The minimum atomic E-state index is -0.0321. The smallest absolute Gasteiger partial charge is 0.231 e. The molecule has 1 aliphatic rings. The Bertz CT molecular complexity index is 950. The minimum absolute atomic E-state index is 0.0321. The maximum atomic E-state index is 12.2. The number of carbonyl (C=O) groups excluding carboxylic acids is 1. The van der Waals surface area contributed by atoms with Crippen LogP contribution in [0.4, 0.5) is 17.1 Å². The lowest BCUT2D eigenvalue weighted by molar-refractivity contribution is -0.115. The molecule has 1 amide bonds. The standard InChI is InChI=1S/C22H20N2O3/c1-15-2-4-16(5-3-15)12-22(25)24-18-8-6-17(7-9-18)23-19-10-11-20-21(13-19)27-14-26-20/h2-11,13,23H,12,14H2,1H3,(H,24,25). The van der Waals surface area contributed by atoms with E-state index in [9.17, 15) is 4.79 Å². The number of fused-ring (bicyclic) bond motifs is 1. The summed E-state index contributed by atoms with van der Waals surface area (Å²) in [6.45, 7) is 2.29. The second-order valence-corrected chi connectivity index (χ2v) is 6.48. The summed E-state index contributed by atoms with van der Waals surface area (Å²) in [5.74, 6) is 1.46. The van der Waals surface area contributed by atoms with Gasteiger partial charge in [0.2, 0.25) is 12.7 Å². The number of hydrogen-bond donors (Lipinski definition) is 2. The summed E-state index contributed by atoms with van der Waals surface area (Å²) in [7, 11) is 0. The van der Waals surface area contributed by atoms with Crippen LogP contribution < -0.4 is 20.1 Å². The quantitative estimate of drug-likeness (QED) is 0.695. The van der Waals surface area contributed by atoms with Crippen LogP contribution in [0, 0.1) is 6.92 Å². The lowest BCUT2D eigenvalue weighted by atomic mass is 10.1. The Hall–Kier alpha value is -3.47. The van der Waals surface area contributed by atoms with E-state index in [0.29, 0.717) is 6.42 Å². The highest BCUT2D eigenvalue weighted by Crippen LogP contribution is 2.35. The number of benzene rings is 3. The van der Waals surface area contributed by atoms with Gasteiger partial charge in [0, 0.05) is 23.1 Å². The number of carbonyl (C=O) groups is 1. The van der Waals surface area contributed by atoms with Gasteiger partial charge >= 0.3 is 0 Å². The molecule has 0 saturated carbocycles. The molecule has 0 radical (unpaired) electrons. The Morgan fingerprint density at radius 2 is 1.52 bits per heavy atom. The summed E-state index contributed by atoms with van der Waals surface area (Å²) in [5, 5.41) is 6.24. The SMILES string of the molecule is Cc1ccc(CC(=O)Nc2ccc(Nc3ccc4c(c3)OCO4)cc2)cc1. The van der Waals surface area contributed by atoms with Crippen molar-refractivity contribution >= 4 is 23.0 Å². The third-order valence-electron chi connectivity index (χ3n) is 4.32. The van der Waals surface area contributed by atoms with Crippen molar-refractivity contribution in [2.45, 2.75) is 13.3 Å². The molecule has 2 N–H and O–H groups in total. The summed E-state index contributed by atoms with van der Waals surface area (Å²) in [4.78, 5) is 12.2. The first-order valence-electron chi connectivity index (χ1n) is 8.78. The fraction of sp³-hybridized carbons (Fsp3) is 0.136. The van der Waals surface area contributed by atoms with Crippen LogP contribution in [0.3, 0.4) is 0 Å². The van der Waals surface area contributed by atoms with Crippen molar-refractivity contribution in [2.75, 3.05) is 17.4 Å². The number of anilines is 3. The van der Waals surface area contributed by atoms with Crippen LogP contribution in [0.15, 0.2) is 66.7 Å². The lowest BCUT2D eigenvalue weighted by Gasteiger charge is -2.09. The molecule has 0 aromatic heterocycles. The third-order valence-corrected chi connectivity index (χ3v) is 4.32. The average molecular weight is 360 g/mol. The Balaban J connectivity index is 1.35. The van der Waals surface area contributed by atoms with Gasteiger partial charge in [-0.3, -0.25) is 4.79 Å². The zero-order valence-corrected chi connectivity index (χ0v) is 15.0. The molecule has 0 saturated heterocycles. The first-order chi connectivity index (χ1) is 13.2. The van der Waals surface area contributed by atoms with Crippen LogP contribution in [0.5, 0.6) is 11.5 Å². The van der Waals surface area contributed by atoms with Gasteiger partial charge in [-0.2, -0.15) is 0 Å². The van der Waals surface area contributed by atoms with E-state index in [0.717, 1.165) is 34.1 Å². The van der Waals surface area contributed by atoms with E-state index in [1.165, 1.54) is 5.56 Å². The van der Waals surface area contributed by atoms with Crippen molar-refractivity contribution < 1.29 is 14.3 Å². The highest BCUT2D eigenvalue weighted by Gasteiger charge is 2.13. The maximum absolute atomic E-state index is 12.2. The van der Waals surface area contributed by atoms with Crippen LogP contribution in [0.2, 0.25) is 0 Å². The summed E-state index contributed by atoms with van der Waals surface area (Å²) in [6, 6.07) is 21.3. The van der Waals surface area contributed by atoms with Crippen molar-refractivity contribution in [3.8, 4) is 11.5 Å². The molecule has 27 heavy (non-hydrogen) atoms. The molecule has 3 aromatic carbocycles. The van der Waals surface area contributed by atoms with Gasteiger partial charge in [0.15, 0.2) is 11.5 Å². The van der Waals surface area contributed by atoms with Crippen molar-refractivity contribution in [3.63, 3.8) is 0 Å². The van der Waals surface area contributed by atoms with E-state index in [2.05, 4.69) is 10.6 Å². The van der Waals surface area contributed by atoms with Crippen LogP contribution in [0.1, 0.15) is 11.1 Å². The van der Waals surface area contributed by atoms with Crippen molar-refractivity contribution in [2.24, 2.45) is 0 Å². The molecule has 0 bridgehead atoms. The molecule has 0 aliphatic carbocycles. The molecular weight excluding hydrogens is 340 g/mol. The summed E-state index contributed by atoms with van der Waals surface area (Å²) < 4.78 is 10.7. The molecule has 5 heteroatoms. The fourth-order valence-electron chi connectivity index (χ4n) is 2.87. The molecule has 5 nitrogen and oxygen atoms in total. The average Bonchev–Trinajstić information content (AvgIpc) is 3.13. The van der Waals surface area contributed by atoms with Gasteiger partial charge in [-0.25, -0.2) is 0 Å². The molecule has 0 atom stereocenters. The van der Waals surface area contributed by atoms with E-state index in [1.54, 1.807) is 0 Å². The third kappa shape index (κ3) is 4.20. The van der Waals surface area contributed by atoms with E-state index in [-0.39, 0.29) is 12.7 Å². The number of amides is 1. The lowest BCUT2D eigenvalue weighted by Crippen LogP contribution is -2.14. The number of rotatable bonds is 5. The normalized spacial score (nSPS) is 11.9. The topological polar surface area (TPSA) is 59.6 Å². The van der Waals surface area contributed by atoms with Gasteiger partial charge in [-0.15, -0.1) is 0 Å². The van der Waals surface area contributed by atoms with Crippen molar-refractivity contribution in [1.82, 2.24) is 0 Å². The predicted octanol–water partition coefficient (Wildman–Crippen LogP) is 4.65. The molecule has 0 fully saturated rings. The van der Waals surface area contributed by atoms with Gasteiger partial charge in [0.25, 0.3) is 0 Å². The van der Waals surface area contributed by atoms with Gasteiger partial charge in [-0.05, 0) is 48.9 Å². The largest absolute Gasteiger partial charge is 0.454 e. The number of aryl methyl sites for hydroxylation is 1. The van der Waals surface area contributed by atoms with Crippen LogP contribution >= 0.6 is 0 Å². The Morgan fingerprint density at radius 3 is 2.30 bits per heavy atom. The molecule has 136 valence electrons. The Labute approximate surface area is 157 Å². The number of ether oxygens (including phenoxy) is 2. The summed E-state index contributed by atoms with van der Waals surface area (Å²) in [5.41, 5.74) is 4.79. The predicted molar refractivity (Wildman–Crippen MR) is 106 cm³/mol. The molecule has 4 rings (SSSR count). The summed E-state index contributed by atoms with van der Waals surface area (Å²) in [6.07, 6.45) is 0.359. The monoisotopic (exact) mass is 360 g/mol. The van der Waals surface area contributed by atoms with Crippen LogP contribution in [-0.4, -0.2) is 12.7 Å². The van der Waals surface area contributed by atoms with E-state index in [4.69, 9.17) is 9.47 Å². The second-order valence-electron chi connectivity index (χ2n) is 6.48. The van der Waals surface area contributed by atoms with Gasteiger partial charge in [0.05, 0.1) is 6.42 Å². The first kappa shape index (κ1) is 17.0. The molecule has 1 heterocycles. The molecule has 0 unspecified atom stereocenters. The summed E-state index contributed by atoms with van der Waals surface area (Å²) >= 11 is 0. The molecule has 1 aliphatic heterocycles. The number of hydrogen-bond acceptors (Lipinski definition) is 4. The zero-order valence-electron chi connectivity index (χ0n) is 15.0. The molecular formula is C22H20N2O3. The Morgan fingerprint density at radius 1 is 0.852 bits per heavy atom. The Kier molecular flexibility index (Phi) is 4.66.